The van der Waals surface area contributed by atoms with Crippen molar-refractivity contribution in [2.75, 3.05) is 0 Å². The van der Waals surface area contributed by atoms with E-state index in [2.05, 4.69) is 32.8 Å². The molecule has 5 heteroatoms. The molecular formula is C14H13BrN2OS. The lowest BCUT2D eigenvalue weighted by Gasteiger charge is -2.11. The third-order valence-electron chi connectivity index (χ3n) is 3.02. The minimum atomic E-state index is -0.0158. The van der Waals surface area contributed by atoms with Gasteiger partial charge in [0.2, 0.25) is 0 Å². The fourth-order valence-electron chi connectivity index (χ4n) is 2.08. The molecule has 3 N–H and O–H groups in total. The molecule has 19 heavy (non-hydrogen) atoms. The Morgan fingerprint density at radius 1 is 1.32 bits per heavy atom. The molecule has 0 aliphatic heterocycles. The van der Waals surface area contributed by atoms with Gasteiger partial charge in [-0.2, -0.15) is 0 Å². The van der Waals surface area contributed by atoms with Crippen LogP contribution in [0, 0.1) is 0 Å². The molecule has 1 atom stereocenters. The van der Waals surface area contributed by atoms with Crippen LogP contribution < -0.4 is 11.3 Å². The van der Waals surface area contributed by atoms with Gasteiger partial charge in [-0.1, -0.05) is 18.2 Å². The molecule has 0 aliphatic carbocycles. The van der Waals surface area contributed by atoms with Crippen LogP contribution in [0.1, 0.15) is 16.7 Å². The van der Waals surface area contributed by atoms with Crippen LogP contribution in [-0.2, 0) is 6.42 Å². The number of furan rings is 1. The molecule has 98 valence electrons. The fraction of sp³-hybridized carbons (Fsp3) is 0.143. The van der Waals surface area contributed by atoms with Crippen LogP contribution in [0.3, 0.4) is 0 Å². The van der Waals surface area contributed by atoms with Gasteiger partial charge in [-0.3, -0.25) is 5.84 Å². The first-order valence-electron chi connectivity index (χ1n) is 5.94. The van der Waals surface area contributed by atoms with E-state index in [0.29, 0.717) is 0 Å². The Morgan fingerprint density at radius 2 is 2.16 bits per heavy atom. The summed E-state index contributed by atoms with van der Waals surface area (Å²) in [5.41, 5.74) is 3.73. The zero-order valence-corrected chi connectivity index (χ0v) is 12.5. The summed E-state index contributed by atoms with van der Waals surface area (Å²) < 4.78 is 6.96. The Morgan fingerprint density at radius 3 is 2.84 bits per heavy atom. The summed E-state index contributed by atoms with van der Waals surface area (Å²) in [6.07, 6.45) is 0.812. The minimum absolute atomic E-state index is 0.0158. The fourth-order valence-corrected chi connectivity index (χ4v) is 3.58. The Hall–Kier alpha value is -1.14. The number of thiophene rings is 1. The molecule has 3 nitrogen and oxygen atoms in total. The summed E-state index contributed by atoms with van der Waals surface area (Å²) in [5, 5.41) is 3.17. The van der Waals surface area contributed by atoms with E-state index in [1.165, 1.54) is 4.88 Å². The first-order chi connectivity index (χ1) is 9.26. The van der Waals surface area contributed by atoms with E-state index >= 15 is 0 Å². The Labute approximate surface area is 123 Å². The SMILES string of the molecule is NNC(Cc1cc(Br)cs1)c1cc2ccccc2o1. The first-order valence-corrected chi connectivity index (χ1v) is 7.61. The number of halogens is 1. The van der Waals surface area contributed by atoms with Gasteiger partial charge >= 0.3 is 0 Å². The summed E-state index contributed by atoms with van der Waals surface area (Å²) >= 11 is 5.17. The number of hydrogen-bond acceptors (Lipinski definition) is 4. The van der Waals surface area contributed by atoms with Crippen molar-refractivity contribution in [2.45, 2.75) is 12.5 Å². The molecule has 0 aliphatic rings. The predicted molar refractivity (Wildman–Crippen MR) is 82.0 cm³/mol. The highest BCUT2D eigenvalue weighted by molar-refractivity contribution is 9.10. The topological polar surface area (TPSA) is 51.2 Å². The predicted octanol–water partition coefficient (Wildman–Crippen LogP) is 4.00. The molecule has 2 aromatic heterocycles. The van der Waals surface area contributed by atoms with Gasteiger partial charge in [0.25, 0.3) is 0 Å². The van der Waals surface area contributed by atoms with Gasteiger partial charge in [0.1, 0.15) is 11.3 Å². The highest BCUT2D eigenvalue weighted by atomic mass is 79.9. The molecule has 0 amide bonds. The van der Waals surface area contributed by atoms with Crippen LogP contribution in [-0.4, -0.2) is 0 Å². The summed E-state index contributed by atoms with van der Waals surface area (Å²) in [6.45, 7) is 0. The molecular weight excluding hydrogens is 324 g/mol. The largest absolute Gasteiger partial charge is 0.459 e. The van der Waals surface area contributed by atoms with Crippen molar-refractivity contribution < 1.29 is 4.42 Å². The highest BCUT2D eigenvalue weighted by Gasteiger charge is 2.16. The van der Waals surface area contributed by atoms with Gasteiger partial charge in [0.15, 0.2) is 0 Å². The smallest absolute Gasteiger partial charge is 0.134 e. The number of hydrazine groups is 1. The third-order valence-corrected chi connectivity index (χ3v) is 4.74. The van der Waals surface area contributed by atoms with Gasteiger partial charge in [-0.15, -0.1) is 11.3 Å². The van der Waals surface area contributed by atoms with Gasteiger partial charge in [0.05, 0.1) is 6.04 Å². The molecule has 0 saturated heterocycles. The summed E-state index contributed by atoms with van der Waals surface area (Å²) in [6, 6.07) is 12.1. The van der Waals surface area contributed by atoms with Crippen molar-refractivity contribution in [3.8, 4) is 0 Å². The standard InChI is InChI=1S/C14H13BrN2OS/c15-10-6-11(19-8-10)7-12(17-16)14-5-9-3-1-2-4-13(9)18-14/h1-6,8,12,17H,7,16H2. The van der Waals surface area contributed by atoms with Crippen molar-refractivity contribution in [1.82, 2.24) is 5.43 Å². The van der Waals surface area contributed by atoms with Crippen molar-refractivity contribution in [2.24, 2.45) is 5.84 Å². The Bertz CT molecular complexity index is 658. The second-order valence-corrected chi connectivity index (χ2v) is 6.25. The second kappa shape index (κ2) is 5.46. The zero-order chi connectivity index (χ0) is 13.2. The van der Waals surface area contributed by atoms with E-state index in [1.807, 2.05) is 30.3 Å². The maximum Gasteiger partial charge on any atom is 0.134 e. The third kappa shape index (κ3) is 2.74. The first kappa shape index (κ1) is 12.9. The number of hydrogen-bond donors (Lipinski definition) is 2. The second-order valence-electron chi connectivity index (χ2n) is 4.34. The van der Waals surface area contributed by atoms with Gasteiger partial charge in [0, 0.05) is 26.5 Å². The van der Waals surface area contributed by atoms with E-state index in [1.54, 1.807) is 11.3 Å². The van der Waals surface area contributed by atoms with Crippen LogP contribution in [0.2, 0.25) is 0 Å². The normalized spacial score (nSPS) is 12.9. The lowest BCUT2D eigenvalue weighted by molar-refractivity contribution is 0.436. The van der Waals surface area contributed by atoms with E-state index in [9.17, 15) is 0 Å². The highest BCUT2D eigenvalue weighted by Crippen LogP contribution is 2.28. The summed E-state index contributed by atoms with van der Waals surface area (Å²) in [4.78, 5) is 1.26. The average Bonchev–Trinajstić information content (AvgIpc) is 3.01. The number of para-hydroxylation sites is 1. The number of benzene rings is 1. The quantitative estimate of drug-likeness (QED) is 0.559. The maximum absolute atomic E-state index is 5.85. The van der Waals surface area contributed by atoms with Crippen molar-refractivity contribution in [3.63, 3.8) is 0 Å². The zero-order valence-electron chi connectivity index (χ0n) is 10.1. The van der Waals surface area contributed by atoms with E-state index in [-0.39, 0.29) is 6.04 Å². The average molecular weight is 337 g/mol. The molecule has 2 heterocycles. The van der Waals surface area contributed by atoms with E-state index in [4.69, 9.17) is 10.3 Å². The van der Waals surface area contributed by atoms with Gasteiger partial charge < -0.3 is 4.42 Å². The number of nitrogens with two attached hydrogens (primary N) is 1. The van der Waals surface area contributed by atoms with Gasteiger partial charge in [-0.05, 0) is 34.1 Å². The molecule has 1 unspecified atom stereocenters. The molecule has 0 spiro atoms. The summed E-state index contributed by atoms with van der Waals surface area (Å²) in [5.74, 6) is 6.53. The minimum Gasteiger partial charge on any atom is -0.459 e. The van der Waals surface area contributed by atoms with E-state index < -0.39 is 0 Å². The van der Waals surface area contributed by atoms with Crippen molar-refractivity contribution in [1.29, 1.82) is 0 Å². The van der Waals surface area contributed by atoms with Crippen LogP contribution in [0.25, 0.3) is 11.0 Å². The Kier molecular flexibility index (Phi) is 3.70. The van der Waals surface area contributed by atoms with Crippen LogP contribution >= 0.6 is 27.3 Å². The number of fused-ring (bicyclic) bond motifs is 1. The number of rotatable bonds is 4. The van der Waals surface area contributed by atoms with Crippen LogP contribution in [0.4, 0.5) is 0 Å². The van der Waals surface area contributed by atoms with Crippen molar-refractivity contribution >= 4 is 38.2 Å². The molecule has 3 rings (SSSR count). The van der Waals surface area contributed by atoms with Crippen molar-refractivity contribution in [3.05, 3.63) is 56.9 Å². The molecule has 1 aromatic carbocycles. The lowest BCUT2D eigenvalue weighted by Crippen LogP contribution is -2.29. The Balaban J connectivity index is 1.88. The molecule has 0 fully saturated rings. The van der Waals surface area contributed by atoms with Crippen LogP contribution in [0.15, 0.2) is 50.7 Å². The monoisotopic (exact) mass is 336 g/mol. The van der Waals surface area contributed by atoms with Crippen LogP contribution in [0.5, 0.6) is 0 Å². The molecule has 0 bridgehead atoms. The molecule has 0 radical (unpaired) electrons. The van der Waals surface area contributed by atoms with Gasteiger partial charge in [-0.25, -0.2) is 5.43 Å². The molecule has 3 aromatic rings. The van der Waals surface area contributed by atoms with E-state index in [0.717, 1.165) is 27.6 Å². The number of nitrogens with one attached hydrogen (secondary N) is 1. The maximum atomic E-state index is 5.85. The summed E-state index contributed by atoms with van der Waals surface area (Å²) in [7, 11) is 0. The molecule has 0 saturated carbocycles. The lowest BCUT2D eigenvalue weighted by atomic mass is 10.1.